The number of amides is 1. The van der Waals surface area contributed by atoms with E-state index in [4.69, 9.17) is 4.55 Å². The van der Waals surface area contributed by atoms with Gasteiger partial charge in [0, 0.05) is 13.0 Å². The van der Waals surface area contributed by atoms with Crippen molar-refractivity contribution in [3.8, 4) is 0 Å². The van der Waals surface area contributed by atoms with Gasteiger partial charge in [-0.3, -0.25) is 9.35 Å². The number of nitrogens with one attached hydrogen (secondary N) is 1. The lowest BCUT2D eigenvalue weighted by atomic mass is 9.43. The van der Waals surface area contributed by atoms with E-state index in [1.165, 1.54) is 6.42 Å². The zero-order valence-corrected chi connectivity index (χ0v) is 22.4. The third-order valence-corrected chi connectivity index (χ3v) is 11.6. The minimum absolute atomic E-state index is 0. The molecular formula is C26H47NO7S. The highest BCUT2D eigenvalue weighted by Gasteiger charge is 2.62. The molecule has 4 rings (SSSR count). The molecule has 0 aromatic heterocycles. The summed E-state index contributed by atoms with van der Waals surface area (Å²) in [5, 5.41) is 24.2. The quantitative estimate of drug-likeness (QED) is 0.380. The smallest absolute Gasteiger partial charge is 0.266 e. The molecular weight excluding hydrogens is 470 g/mol. The minimum atomic E-state index is -4.06. The molecule has 1 amide bonds. The molecule has 9 heteroatoms. The summed E-state index contributed by atoms with van der Waals surface area (Å²) in [5.74, 6) is 2.10. The Labute approximate surface area is 210 Å². The lowest BCUT2D eigenvalue weighted by molar-refractivity contribution is -0.174. The summed E-state index contributed by atoms with van der Waals surface area (Å²) in [6.07, 6.45) is 8.87. The van der Waals surface area contributed by atoms with Crippen LogP contribution in [-0.4, -0.2) is 59.1 Å². The predicted octanol–water partition coefficient (Wildman–Crippen LogP) is 2.57. The number of aliphatic hydroxyl groups excluding tert-OH is 2. The zero-order valence-electron chi connectivity index (χ0n) is 21.6. The van der Waals surface area contributed by atoms with Crippen molar-refractivity contribution in [2.24, 2.45) is 46.3 Å². The molecule has 35 heavy (non-hydrogen) atoms. The Morgan fingerprint density at radius 2 is 1.69 bits per heavy atom. The molecule has 0 saturated heterocycles. The van der Waals surface area contributed by atoms with E-state index in [0.29, 0.717) is 41.9 Å². The van der Waals surface area contributed by atoms with Crippen LogP contribution >= 0.6 is 0 Å². The van der Waals surface area contributed by atoms with E-state index in [-0.39, 0.29) is 41.0 Å². The van der Waals surface area contributed by atoms with Crippen LogP contribution in [0.4, 0.5) is 0 Å². The fourth-order valence-electron chi connectivity index (χ4n) is 9.14. The van der Waals surface area contributed by atoms with Crippen LogP contribution in [0.25, 0.3) is 0 Å². The van der Waals surface area contributed by atoms with E-state index < -0.39 is 15.9 Å². The van der Waals surface area contributed by atoms with Gasteiger partial charge in [0.2, 0.25) is 5.91 Å². The molecule has 0 aromatic rings. The maximum absolute atomic E-state index is 12.2. The van der Waals surface area contributed by atoms with Gasteiger partial charge >= 0.3 is 0 Å². The Morgan fingerprint density at radius 3 is 2.37 bits per heavy atom. The summed E-state index contributed by atoms with van der Waals surface area (Å²) >= 11 is 0. The molecule has 0 aliphatic heterocycles. The minimum Gasteiger partial charge on any atom is -0.412 e. The highest BCUT2D eigenvalue weighted by atomic mass is 32.2. The third-order valence-electron chi connectivity index (χ3n) is 10.9. The lowest BCUT2D eigenvalue weighted by Crippen LogP contribution is -2.58. The van der Waals surface area contributed by atoms with Gasteiger partial charge in [0.25, 0.3) is 10.1 Å². The van der Waals surface area contributed by atoms with E-state index in [2.05, 4.69) is 26.1 Å². The van der Waals surface area contributed by atoms with E-state index in [9.17, 15) is 23.4 Å². The molecule has 0 heterocycles. The lowest BCUT2D eigenvalue weighted by Gasteiger charge is -2.62. The first-order valence-corrected chi connectivity index (χ1v) is 15.0. The van der Waals surface area contributed by atoms with Crippen LogP contribution in [0, 0.1) is 46.3 Å². The molecule has 204 valence electrons. The van der Waals surface area contributed by atoms with Gasteiger partial charge in [0.1, 0.15) is 0 Å². The highest BCUT2D eigenvalue weighted by Crippen LogP contribution is 2.68. The van der Waals surface area contributed by atoms with E-state index in [1.54, 1.807) is 0 Å². The number of aliphatic hydroxyl groups is 2. The van der Waals surface area contributed by atoms with Crippen molar-refractivity contribution in [3.05, 3.63) is 0 Å². The topological polar surface area (TPSA) is 155 Å². The van der Waals surface area contributed by atoms with Gasteiger partial charge in [0.15, 0.2) is 0 Å². The summed E-state index contributed by atoms with van der Waals surface area (Å²) in [4.78, 5) is 12.2. The monoisotopic (exact) mass is 517 g/mol. The standard InChI is InChI=1S/C26H45NO6S.H2O/c1-16(4-7-23(30)27-12-13-34(31,32)33)19-5-6-20-24-21(9-11-26(19,20)3)25(2)10-8-18(28)14-17(25)15-22(24)29;/h16-22,24,28-29H,4-15H2,1-3H3,(H,27,30)(H,31,32,33);1H2/t16-,17?,18-,19-,20+,21+,22+,24+,25+,26-;/m1./s1. The first kappa shape index (κ1) is 28.8. The first-order chi connectivity index (χ1) is 15.8. The van der Waals surface area contributed by atoms with Crippen molar-refractivity contribution in [2.75, 3.05) is 12.3 Å². The second-order valence-electron chi connectivity index (χ2n) is 12.6. The first-order valence-electron chi connectivity index (χ1n) is 13.4. The van der Waals surface area contributed by atoms with Crippen molar-refractivity contribution in [2.45, 2.75) is 97.2 Å². The summed E-state index contributed by atoms with van der Waals surface area (Å²) in [6, 6.07) is 0. The molecule has 1 unspecified atom stereocenters. The summed E-state index contributed by atoms with van der Waals surface area (Å²) in [7, 11) is -4.06. The number of hydrogen-bond donors (Lipinski definition) is 4. The summed E-state index contributed by atoms with van der Waals surface area (Å²) < 4.78 is 30.5. The molecule has 8 nitrogen and oxygen atoms in total. The normalized spacial score (nSPS) is 43.8. The van der Waals surface area contributed by atoms with Crippen LogP contribution < -0.4 is 5.32 Å². The molecule has 0 aromatic carbocycles. The number of rotatable bonds is 7. The fourth-order valence-corrected chi connectivity index (χ4v) is 9.50. The second kappa shape index (κ2) is 10.6. The van der Waals surface area contributed by atoms with Crippen molar-refractivity contribution in [1.29, 1.82) is 0 Å². The molecule has 6 N–H and O–H groups in total. The fraction of sp³-hybridized carbons (Fsp3) is 0.962. The molecule has 0 radical (unpaired) electrons. The van der Waals surface area contributed by atoms with Crippen LogP contribution in [0.1, 0.15) is 85.0 Å². The molecule has 0 spiro atoms. The van der Waals surface area contributed by atoms with E-state index >= 15 is 0 Å². The van der Waals surface area contributed by atoms with Crippen LogP contribution in [-0.2, 0) is 14.9 Å². The number of fused-ring (bicyclic) bond motifs is 5. The maximum Gasteiger partial charge on any atom is 0.266 e. The third kappa shape index (κ3) is 5.59. The maximum atomic E-state index is 12.2. The zero-order chi connectivity index (χ0) is 24.9. The Bertz CT molecular complexity index is 866. The molecule has 4 saturated carbocycles. The number of hydrogen-bond acceptors (Lipinski definition) is 5. The Kier molecular flexibility index (Phi) is 8.69. The predicted molar refractivity (Wildman–Crippen MR) is 134 cm³/mol. The van der Waals surface area contributed by atoms with Gasteiger partial charge in [0.05, 0.1) is 18.0 Å². The highest BCUT2D eigenvalue weighted by molar-refractivity contribution is 7.85. The second-order valence-corrected chi connectivity index (χ2v) is 14.2. The molecule has 0 bridgehead atoms. The largest absolute Gasteiger partial charge is 0.412 e. The van der Waals surface area contributed by atoms with E-state index in [1.807, 2.05) is 0 Å². The molecule has 10 atom stereocenters. The van der Waals surface area contributed by atoms with Crippen LogP contribution in [0.5, 0.6) is 0 Å². The van der Waals surface area contributed by atoms with Crippen LogP contribution in [0.3, 0.4) is 0 Å². The van der Waals surface area contributed by atoms with Gasteiger partial charge in [-0.05, 0) is 104 Å². The summed E-state index contributed by atoms with van der Waals surface area (Å²) in [6.45, 7) is 7.05. The average molecular weight is 518 g/mol. The Hall–Kier alpha value is -0.740. The molecule has 4 aliphatic carbocycles. The van der Waals surface area contributed by atoms with Gasteiger partial charge in [-0.1, -0.05) is 20.8 Å². The molecule has 4 aliphatic rings. The van der Waals surface area contributed by atoms with Gasteiger partial charge in [-0.2, -0.15) is 8.42 Å². The summed E-state index contributed by atoms with van der Waals surface area (Å²) in [5.41, 5.74) is 0.411. The SMILES string of the molecule is C[C@H](CCC(=O)NCCS(=O)(=O)O)[C@H]1CC[C@H]2[C@@H]3[C@@H](O)CC4C[C@H](O)CC[C@]4(C)[C@H]3CC[C@]12C.O. The van der Waals surface area contributed by atoms with Crippen molar-refractivity contribution in [1.82, 2.24) is 5.32 Å². The van der Waals surface area contributed by atoms with Crippen LogP contribution in [0.15, 0.2) is 0 Å². The Morgan fingerprint density at radius 1 is 1.03 bits per heavy atom. The average Bonchev–Trinajstić information content (AvgIpc) is 3.09. The van der Waals surface area contributed by atoms with Crippen molar-refractivity contribution in [3.63, 3.8) is 0 Å². The van der Waals surface area contributed by atoms with Crippen molar-refractivity contribution >= 4 is 16.0 Å². The van der Waals surface area contributed by atoms with Gasteiger partial charge in [-0.15, -0.1) is 0 Å². The Balaban J connectivity index is 0.00000342. The van der Waals surface area contributed by atoms with Crippen LogP contribution in [0.2, 0.25) is 0 Å². The molecule has 4 fully saturated rings. The number of carbonyl (C=O) groups is 1. The number of carbonyl (C=O) groups excluding carboxylic acids is 1. The van der Waals surface area contributed by atoms with Gasteiger partial charge in [-0.25, -0.2) is 0 Å². The van der Waals surface area contributed by atoms with Gasteiger partial charge < -0.3 is 21.0 Å². The van der Waals surface area contributed by atoms with Crippen molar-refractivity contribution < 1.29 is 33.5 Å². The van der Waals surface area contributed by atoms with E-state index in [0.717, 1.165) is 51.4 Å².